The average Bonchev–Trinajstić information content (AvgIpc) is 2.69. The Kier molecular flexibility index (Phi) is 6.62. The van der Waals surface area contributed by atoms with Crippen molar-refractivity contribution in [2.45, 2.75) is 0 Å². The molecule has 0 amide bonds. The van der Waals surface area contributed by atoms with Gasteiger partial charge in [-0.1, -0.05) is 23.2 Å². The predicted molar refractivity (Wildman–Crippen MR) is 116 cm³/mol. The Morgan fingerprint density at radius 1 is 1.21 bits per heavy atom. The van der Waals surface area contributed by atoms with Crippen molar-refractivity contribution in [2.24, 2.45) is 10.7 Å². The molecular formula is C19H19Cl2N7. The largest absolute Gasteiger partial charge is 0.385 e. The highest BCUT2D eigenvalue weighted by Gasteiger charge is 2.13. The summed E-state index contributed by atoms with van der Waals surface area (Å²) in [4.78, 5) is 17.5. The molecule has 2 heterocycles. The van der Waals surface area contributed by atoms with Crippen LogP contribution < -0.4 is 16.4 Å². The minimum Gasteiger partial charge on any atom is -0.385 e. The lowest BCUT2D eigenvalue weighted by Crippen LogP contribution is -2.26. The number of nitrogens with two attached hydrogens (primary N) is 1. The fraction of sp³-hybridized carbons (Fsp3) is 0.158. The second kappa shape index (κ2) is 9.34. The van der Waals surface area contributed by atoms with Crippen LogP contribution in [0.4, 0.5) is 5.82 Å². The van der Waals surface area contributed by atoms with Crippen LogP contribution in [-0.2, 0) is 0 Å². The molecule has 0 saturated carbocycles. The molecule has 9 heteroatoms. The van der Waals surface area contributed by atoms with Crippen LogP contribution in [0.2, 0.25) is 10.0 Å². The monoisotopic (exact) mass is 415 g/mol. The highest BCUT2D eigenvalue weighted by atomic mass is 35.5. The molecule has 4 N–H and O–H groups in total. The maximum Gasteiger partial charge on any atom is 0.163 e. The molecule has 28 heavy (non-hydrogen) atoms. The first-order valence-electron chi connectivity index (χ1n) is 8.52. The zero-order valence-electron chi connectivity index (χ0n) is 15.2. The summed E-state index contributed by atoms with van der Waals surface area (Å²) in [6.07, 6.45) is 5.02. The first kappa shape index (κ1) is 19.9. The summed E-state index contributed by atoms with van der Waals surface area (Å²) >= 11 is 12.3. The van der Waals surface area contributed by atoms with Gasteiger partial charge in [-0.3, -0.25) is 9.98 Å². The standard InChI is InChI=1S/C19H19Cl2N7/c1-23-8-6-16(22)24-9-10-26-19-17-15(3-2-7-25-17)27-18(28-19)13-5-4-12(20)11-14(13)21/h2-8,11,24H,9-10,22H2,1H3,(H,26,27,28)/b16-6+,23-8-. The van der Waals surface area contributed by atoms with Crippen molar-refractivity contribution >= 4 is 46.3 Å². The quantitative estimate of drug-likeness (QED) is 0.403. The molecule has 0 radical (unpaired) electrons. The van der Waals surface area contributed by atoms with Crippen LogP contribution in [0, 0.1) is 0 Å². The molecule has 2 aromatic heterocycles. The zero-order valence-corrected chi connectivity index (χ0v) is 16.7. The Hall–Kier alpha value is -2.90. The van der Waals surface area contributed by atoms with Gasteiger partial charge in [-0.05, 0) is 36.4 Å². The lowest BCUT2D eigenvalue weighted by Gasteiger charge is -2.12. The van der Waals surface area contributed by atoms with E-state index in [-0.39, 0.29) is 0 Å². The Balaban J connectivity index is 1.85. The van der Waals surface area contributed by atoms with Crippen molar-refractivity contribution in [3.63, 3.8) is 0 Å². The molecule has 7 nitrogen and oxygen atoms in total. The van der Waals surface area contributed by atoms with Crippen molar-refractivity contribution in [3.05, 3.63) is 58.5 Å². The van der Waals surface area contributed by atoms with Gasteiger partial charge in [0.05, 0.1) is 16.4 Å². The van der Waals surface area contributed by atoms with Gasteiger partial charge in [0, 0.05) is 43.1 Å². The summed E-state index contributed by atoms with van der Waals surface area (Å²) in [6.45, 7) is 1.17. The van der Waals surface area contributed by atoms with Gasteiger partial charge in [0.2, 0.25) is 0 Å². The number of fused-ring (bicyclic) bond motifs is 1. The minimum absolute atomic E-state index is 0.485. The minimum atomic E-state index is 0.485. The van der Waals surface area contributed by atoms with E-state index in [2.05, 4.69) is 30.6 Å². The van der Waals surface area contributed by atoms with E-state index in [4.69, 9.17) is 28.9 Å². The number of nitrogens with one attached hydrogen (secondary N) is 2. The topological polar surface area (TPSA) is 101 Å². The van der Waals surface area contributed by atoms with E-state index in [1.807, 2.05) is 12.1 Å². The van der Waals surface area contributed by atoms with Gasteiger partial charge in [0.25, 0.3) is 0 Å². The maximum atomic E-state index is 6.33. The molecule has 144 valence electrons. The van der Waals surface area contributed by atoms with Crippen LogP contribution in [0.3, 0.4) is 0 Å². The van der Waals surface area contributed by atoms with Crippen LogP contribution in [0.15, 0.2) is 53.4 Å². The number of allylic oxidation sites excluding steroid dienone is 1. The number of hydrogen-bond acceptors (Lipinski definition) is 7. The van der Waals surface area contributed by atoms with Gasteiger partial charge in [0.15, 0.2) is 11.6 Å². The maximum absolute atomic E-state index is 6.33. The Morgan fingerprint density at radius 2 is 2.07 bits per heavy atom. The molecule has 3 rings (SSSR count). The van der Waals surface area contributed by atoms with Crippen molar-refractivity contribution in [3.8, 4) is 11.4 Å². The SMILES string of the molecule is C/N=C\C=C(/N)NCCNc1nc(-c2ccc(Cl)cc2Cl)nc2cccnc12. The number of hydrogen-bond donors (Lipinski definition) is 3. The number of halogens is 2. The molecule has 0 aliphatic heterocycles. The van der Waals surface area contributed by atoms with E-state index >= 15 is 0 Å². The van der Waals surface area contributed by atoms with Crippen LogP contribution in [-0.4, -0.2) is 41.3 Å². The van der Waals surface area contributed by atoms with Crippen LogP contribution in [0.25, 0.3) is 22.4 Å². The Bertz CT molecular complexity index is 1030. The third-order valence-electron chi connectivity index (χ3n) is 3.78. The van der Waals surface area contributed by atoms with E-state index in [1.54, 1.807) is 43.7 Å². The summed E-state index contributed by atoms with van der Waals surface area (Å²) in [5, 5.41) is 7.40. The molecule has 1 aromatic carbocycles. The van der Waals surface area contributed by atoms with E-state index < -0.39 is 0 Å². The molecule has 3 aromatic rings. The van der Waals surface area contributed by atoms with E-state index in [1.165, 1.54) is 0 Å². The summed E-state index contributed by atoms with van der Waals surface area (Å²) in [7, 11) is 1.68. The molecule has 0 spiro atoms. The first-order chi connectivity index (χ1) is 13.6. The molecule has 0 bridgehead atoms. The zero-order chi connectivity index (χ0) is 19.9. The summed E-state index contributed by atoms with van der Waals surface area (Å²) in [5.74, 6) is 1.65. The third-order valence-corrected chi connectivity index (χ3v) is 4.32. The summed E-state index contributed by atoms with van der Waals surface area (Å²) < 4.78 is 0. The number of nitrogens with zero attached hydrogens (tertiary/aromatic N) is 4. The number of anilines is 1. The molecule has 0 aliphatic carbocycles. The Labute approximate surface area is 172 Å². The highest BCUT2D eigenvalue weighted by molar-refractivity contribution is 6.36. The van der Waals surface area contributed by atoms with Crippen molar-refractivity contribution in [2.75, 3.05) is 25.5 Å². The average molecular weight is 416 g/mol. The number of aliphatic imine (C=N–C) groups is 1. The lowest BCUT2D eigenvalue weighted by molar-refractivity contribution is 0.807. The number of rotatable bonds is 7. The third kappa shape index (κ3) is 4.88. The lowest BCUT2D eigenvalue weighted by atomic mass is 10.2. The Morgan fingerprint density at radius 3 is 2.86 bits per heavy atom. The van der Waals surface area contributed by atoms with Crippen molar-refractivity contribution in [1.29, 1.82) is 0 Å². The number of benzene rings is 1. The van der Waals surface area contributed by atoms with E-state index in [9.17, 15) is 0 Å². The van der Waals surface area contributed by atoms with Crippen molar-refractivity contribution in [1.82, 2.24) is 20.3 Å². The number of aromatic nitrogens is 3. The van der Waals surface area contributed by atoms with E-state index in [0.29, 0.717) is 57.2 Å². The molecular weight excluding hydrogens is 397 g/mol. The molecule has 0 aliphatic rings. The second-order valence-electron chi connectivity index (χ2n) is 5.77. The van der Waals surface area contributed by atoms with Crippen molar-refractivity contribution < 1.29 is 0 Å². The smallest absolute Gasteiger partial charge is 0.163 e. The molecule has 0 fully saturated rings. The summed E-state index contributed by atoms with van der Waals surface area (Å²) in [5.41, 5.74) is 7.92. The van der Waals surface area contributed by atoms with Gasteiger partial charge in [-0.2, -0.15) is 0 Å². The molecule has 0 saturated heterocycles. The molecule has 0 atom stereocenters. The number of pyridine rings is 1. The first-order valence-corrected chi connectivity index (χ1v) is 9.28. The van der Waals surface area contributed by atoms with Crippen LogP contribution in [0.1, 0.15) is 0 Å². The highest BCUT2D eigenvalue weighted by Crippen LogP contribution is 2.30. The van der Waals surface area contributed by atoms with Gasteiger partial charge in [-0.15, -0.1) is 0 Å². The van der Waals surface area contributed by atoms with Gasteiger partial charge < -0.3 is 16.4 Å². The summed E-state index contributed by atoms with van der Waals surface area (Å²) in [6, 6.07) is 8.93. The fourth-order valence-electron chi connectivity index (χ4n) is 2.48. The van der Waals surface area contributed by atoms with E-state index in [0.717, 1.165) is 0 Å². The van der Waals surface area contributed by atoms with Gasteiger partial charge >= 0.3 is 0 Å². The second-order valence-corrected chi connectivity index (χ2v) is 6.62. The fourth-order valence-corrected chi connectivity index (χ4v) is 2.98. The van der Waals surface area contributed by atoms with Gasteiger partial charge in [0.1, 0.15) is 5.52 Å². The normalized spacial score (nSPS) is 11.9. The molecule has 0 unspecified atom stereocenters. The van der Waals surface area contributed by atoms with Crippen LogP contribution in [0.5, 0.6) is 0 Å². The predicted octanol–water partition coefficient (Wildman–Crippen LogP) is 3.50. The van der Waals surface area contributed by atoms with Gasteiger partial charge in [-0.25, -0.2) is 9.97 Å². The van der Waals surface area contributed by atoms with Crippen LogP contribution >= 0.6 is 23.2 Å².